The fourth-order valence-corrected chi connectivity index (χ4v) is 4.05. The molecule has 8 nitrogen and oxygen atoms in total. The maximum Gasteiger partial charge on any atom is 0.243 e. The quantitative estimate of drug-likeness (QED) is 0.509. The van der Waals surface area contributed by atoms with Crippen molar-refractivity contribution >= 4 is 33.4 Å². The third-order valence-corrected chi connectivity index (χ3v) is 6.84. The topological polar surface area (TPSA) is 109 Å². The largest absolute Gasteiger partial charge is 0.467 e. The number of furan rings is 1. The van der Waals surface area contributed by atoms with Crippen LogP contribution in [0.1, 0.15) is 46.3 Å². The molecule has 0 aliphatic heterocycles. The van der Waals surface area contributed by atoms with Crippen LogP contribution >= 0.6 is 11.6 Å². The molecule has 176 valence electrons. The first-order valence-corrected chi connectivity index (χ1v) is 12.2. The molecule has 32 heavy (non-hydrogen) atoms. The monoisotopic (exact) mass is 483 g/mol. The predicted molar refractivity (Wildman–Crippen MR) is 122 cm³/mol. The number of carbonyl (C=O) groups excluding carboxylic acids is 2. The zero-order valence-electron chi connectivity index (χ0n) is 18.7. The molecule has 2 N–H and O–H groups in total. The Hall–Kier alpha value is -2.36. The second kappa shape index (κ2) is 11.0. The van der Waals surface area contributed by atoms with Crippen molar-refractivity contribution in [3.63, 3.8) is 0 Å². The van der Waals surface area contributed by atoms with E-state index in [2.05, 4.69) is 10.0 Å². The molecule has 0 bridgehead atoms. The third kappa shape index (κ3) is 7.08. The second-order valence-electron chi connectivity index (χ2n) is 8.03. The average molecular weight is 484 g/mol. The van der Waals surface area contributed by atoms with Crippen LogP contribution in [0.4, 0.5) is 0 Å². The molecule has 1 heterocycles. The van der Waals surface area contributed by atoms with Crippen LogP contribution in [0.25, 0.3) is 0 Å². The normalized spacial score (nSPS) is 12.9. The highest BCUT2D eigenvalue weighted by molar-refractivity contribution is 7.89. The Bertz CT molecular complexity index is 1000. The molecule has 2 amide bonds. The summed E-state index contributed by atoms with van der Waals surface area (Å²) in [5, 5.41) is 3.36. The summed E-state index contributed by atoms with van der Waals surface area (Å²) in [6.07, 6.45) is 2.53. The maximum atomic E-state index is 13.1. The van der Waals surface area contributed by atoms with Crippen molar-refractivity contribution in [1.29, 1.82) is 0 Å². The number of carbonyl (C=O) groups is 2. The van der Waals surface area contributed by atoms with E-state index >= 15 is 0 Å². The summed E-state index contributed by atoms with van der Waals surface area (Å²) in [5.41, 5.74) is -0.444. The van der Waals surface area contributed by atoms with Crippen molar-refractivity contribution in [3.8, 4) is 0 Å². The number of benzene rings is 1. The Labute approximate surface area is 194 Å². The first-order valence-electron chi connectivity index (χ1n) is 10.4. The Balaban J connectivity index is 2.21. The lowest BCUT2D eigenvalue weighted by Crippen LogP contribution is -2.55. The van der Waals surface area contributed by atoms with Gasteiger partial charge in [-0.3, -0.25) is 9.59 Å². The number of hydrogen-bond acceptors (Lipinski definition) is 5. The molecule has 0 aliphatic rings. The molecule has 10 heteroatoms. The SMILES string of the molecule is CCC(C(=O)NC(C)(C)CC)N(Cc1ccco1)C(=O)CNS(=O)(=O)c1ccc(Cl)cc1. The third-order valence-electron chi connectivity index (χ3n) is 5.18. The van der Waals surface area contributed by atoms with Crippen LogP contribution in [0.15, 0.2) is 52.0 Å². The number of hydrogen-bond donors (Lipinski definition) is 2. The zero-order chi connectivity index (χ0) is 23.9. The molecule has 1 unspecified atom stereocenters. The number of sulfonamides is 1. The molecule has 0 aliphatic carbocycles. The lowest BCUT2D eigenvalue weighted by molar-refractivity contribution is -0.141. The van der Waals surface area contributed by atoms with Crippen molar-refractivity contribution in [1.82, 2.24) is 14.9 Å². The van der Waals surface area contributed by atoms with Crippen LogP contribution < -0.4 is 10.0 Å². The highest BCUT2D eigenvalue weighted by atomic mass is 35.5. The van der Waals surface area contributed by atoms with Gasteiger partial charge in [0.25, 0.3) is 0 Å². The minimum atomic E-state index is -3.93. The molecule has 0 spiro atoms. The standard InChI is InChI=1S/C22H30ClN3O5S/c1-5-19(21(28)25-22(3,4)6-2)26(15-17-8-7-13-31-17)20(27)14-24-32(29,30)18-11-9-16(23)10-12-18/h7-13,19,24H,5-6,14-15H2,1-4H3,(H,25,28). The van der Waals surface area contributed by atoms with Gasteiger partial charge >= 0.3 is 0 Å². The van der Waals surface area contributed by atoms with Gasteiger partial charge in [0.2, 0.25) is 21.8 Å². The smallest absolute Gasteiger partial charge is 0.243 e. The molecule has 1 aromatic heterocycles. The van der Waals surface area contributed by atoms with Crippen molar-refractivity contribution in [3.05, 3.63) is 53.4 Å². The summed E-state index contributed by atoms with van der Waals surface area (Å²) in [6, 6.07) is 8.19. The fraction of sp³-hybridized carbons (Fsp3) is 0.455. The number of rotatable bonds is 11. The van der Waals surface area contributed by atoms with Gasteiger partial charge < -0.3 is 14.6 Å². The Morgan fingerprint density at radius 1 is 1.16 bits per heavy atom. The van der Waals surface area contributed by atoms with E-state index in [1.165, 1.54) is 35.4 Å². The minimum absolute atomic E-state index is 0.0123. The Morgan fingerprint density at radius 2 is 1.81 bits per heavy atom. The van der Waals surface area contributed by atoms with E-state index < -0.39 is 34.1 Å². The lowest BCUT2D eigenvalue weighted by Gasteiger charge is -2.33. The van der Waals surface area contributed by atoms with E-state index in [4.69, 9.17) is 16.0 Å². The van der Waals surface area contributed by atoms with E-state index in [0.29, 0.717) is 23.6 Å². The molecule has 0 radical (unpaired) electrons. The predicted octanol–water partition coefficient (Wildman–Crippen LogP) is 3.32. The van der Waals surface area contributed by atoms with Crippen molar-refractivity contribution in [2.75, 3.05) is 6.54 Å². The van der Waals surface area contributed by atoms with Crippen LogP contribution in [-0.2, 0) is 26.2 Å². The van der Waals surface area contributed by atoms with Gasteiger partial charge in [0.1, 0.15) is 11.8 Å². The molecule has 0 fully saturated rings. The van der Waals surface area contributed by atoms with Crippen molar-refractivity contribution in [2.24, 2.45) is 0 Å². The highest BCUT2D eigenvalue weighted by Crippen LogP contribution is 2.17. The molecule has 2 aromatic rings. The molecule has 1 atom stereocenters. The van der Waals surface area contributed by atoms with Gasteiger partial charge in [-0.1, -0.05) is 25.4 Å². The second-order valence-corrected chi connectivity index (χ2v) is 10.2. The van der Waals surface area contributed by atoms with Gasteiger partial charge in [-0.2, -0.15) is 0 Å². The van der Waals surface area contributed by atoms with E-state index in [1.807, 2.05) is 20.8 Å². The molecule has 0 saturated carbocycles. The summed E-state index contributed by atoms with van der Waals surface area (Å²) in [5.74, 6) is -0.366. The number of nitrogens with zero attached hydrogens (tertiary/aromatic N) is 1. The molecule has 1 aromatic carbocycles. The summed E-state index contributed by atoms with van der Waals surface area (Å²) >= 11 is 5.81. The van der Waals surface area contributed by atoms with Crippen LogP contribution in [0.2, 0.25) is 5.02 Å². The Kier molecular flexibility index (Phi) is 8.89. The van der Waals surface area contributed by atoms with Gasteiger partial charge in [0.15, 0.2) is 0 Å². The van der Waals surface area contributed by atoms with Gasteiger partial charge in [-0.25, -0.2) is 13.1 Å². The lowest BCUT2D eigenvalue weighted by atomic mass is 10.0. The van der Waals surface area contributed by atoms with Gasteiger partial charge in [0.05, 0.1) is 24.2 Å². The summed E-state index contributed by atoms with van der Waals surface area (Å²) in [6.45, 7) is 7.08. The van der Waals surface area contributed by atoms with Crippen LogP contribution in [0, 0.1) is 0 Å². The van der Waals surface area contributed by atoms with Crippen LogP contribution in [-0.4, -0.2) is 43.3 Å². The molecular weight excluding hydrogens is 454 g/mol. The average Bonchev–Trinajstić information content (AvgIpc) is 3.25. The summed E-state index contributed by atoms with van der Waals surface area (Å²) in [7, 11) is -3.93. The van der Waals surface area contributed by atoms with Gasteiger partial charge in [-0.05, 0) is 63.1 Å². The van der Waals surface area contributed by atoms with Crippen molar-refractivity contribution in [2.45, 2.75) is 63.6 Å². The Morgan fingerprint density at radius 3 is 2.34 bits per heavy atom. The number of halogens is 1. The van der Waals surface area contributed by atoms with Crippen LogP contribution in [0.5, 0.6) is 0 Å². The summed E-state index contributed by atoms with van der Waals surface area (Å²) < 4.78 is 32.8. The molecule has 2 rings (SSSR count). The van der Waals surface area contributed by atoms with Gasteiger partial charge in [0, 0.05) is 10.6 Å². The summed E-state index contributed by atoms with van der Waals surface area (Å²) in [4.78, 5) is 27.4. The number of amides is 2. The van der Waals surface area contributed by atoms with E-state index in [0.717, 1.165) is 0 Å². The highest BCUT2D eigenvalue weighted by Gasteiger charge is 2.32. The maximum absolute atomic E-state index is 13.1. The first kappa shape index (κ1) is 25.9. The van der Waals surface area contributed by atoms with Gasteiger partial charge in [-0.15, -0.1) is 0 Å². The number of nitrogens with one attached hydrogen (secondary N) is 2. The molecule has 0 saturated heterocycles. The van der Waals surface area contributed by atoms with Crippen molar-refractivity contribution < 1.29 is 22.4 Å². The van der Waals surface area contributed by atoms with Crippen LogP contribution in [0.3, 0.4) is 0 Å². The molecular formula is C22H30ClN3O5S. The van der Waals surface area contributed by atoms with E-state index in [9.17, 15) is 18.0 Å². The zero-order valence-corrected chi connectivity index (χ0v) is 20.3. The first-order chi connectivity index (χ1) is 15.0. The van der Waals surface area contributed by atoms with E-state index in [1.54, 1.807) is 19.1 Å². The van der Waals surface area contributed by atoms with E-state index in [-0.39, 0.29) is 17.3 Å². The minimum Gasteiger partial charge on any atom is -0.467 e. The fourth-order valence-electron chi connectivity index (χ4n) is 2.95.